The van der Waals surface area contributed by atoms with Crippen LogP contribution < -0.4 is 0 Å². The lowest BCUT2D eigenvalue weighted by Crippen LogP contribution is -1.97. The molecule has 1 atom stereocenters. The maximum absolute atomic E-state index is 6.01. The number of rotatable bonds is 7. The van der Waals surface area contributed by atoms with Crippen LogP contribution in [-0.4, -0.2) is 11.3 Å². The molecule has 0 aliphatic rings. The van der Waals surface area contributed by atoms with Crippen molar-refractivity contribution < 1.29 is 0 Å². The van der Waals surface area contributed by atoms with Crippen LogP contribution >= 0.6 is 23.2 Å². The van der Waals surface area contributed by atoms with Crippen molar-refractivity contribution in [2.24, 2.45) is 0 Å². The fourth-order valence-electron chi connectivity index (χ4n) is 1.02. The van der Waals surface area contributed by atoms with E-state index in [1.807, 2.05) is 0 Å². The van der Waals surface area contributed by atoms with Crippen LogP contribution in [0.15, 0.2) is 0 Å². The molecule has 0 aliphatic carbocycles. The highest BCUT2D eigenvalue weighted by atomic mass is 35.5. The Balaban J connectivity index is 2.97. The van der Waals surface area contributed by atoms with E-state index in [-0.39, 0.29) is 0 Å². The van der Waals surface area contributed by atoms with Gasteiger partial charge in [-0.25, -0.2) is 0 Å². The Kier molecular flexibility index (Phi) is 9.13. The molecule has 0 bridgehead atoms. The summed E-state index contributed by atoms with van der Waals surface area (Å²) < 4.78 is 0. The van der Waals surface area contributed by atoms with E-state index in [1.165, 1.54) is 12.8 Å². The Hall–Kier alpha value is 0.580. The zero-order valence-electron chi connectivity index (χ0n) is 7.15. The summed E-state index contributed by atoms with van der Waals surface area (Å²) in [6, 6.07) is 0. The minimum Gasteiger partial charge on any atom is -0.126 e. The molecule has 0 aromatic carbocycles. The molecule has 0 aliphatic heterocycles. The number of alkyl halides is 2. The molecule has 0 rings (SSSR count). The standard InChI is InChI=1S/C9H17Cl2/c1-2-6-9(11)7-4-3-5-8-10/h5,9H,2-4,6-8H2,1H3. The van der Waals surface area contributed by atoms with E-state index < -0.39 is 0 Å². The van der Waals surface area contributed by atoms with Gasteiger partial charge in [0.1, 0.15) is 0 Å². The Bertz CT molecular complexity index is 74.0. The number of halogens is 2. The largest absolute Gasteiger partial charge is 0.126 e. The monoisotopic (exact) mass is 195 g/mol. The van der Waals surface area contributed by atoms with E-state index >= 15 is 0 Å². The molecule has 0 aromatic heterocycles. The van der Waals surface area contributed by atoms with Gasteiger partial charge < -0.3 is 0 Å². The second-order valence-electron chi connectivity index (χ2n) is 2.76. The van der Waals surface area contributed by atoms with Gasteiger partial charge in [0, 0.05) is 11.3 Å². The summed E-state index contributed by atoms with van der Waals surface area (Å²) in [5.41, 5.74) is 0. The van der Waals surface area contributed by atoms with Crippen LogP contribution in [0.5, 0.6) is 0 Å². The smallest absolute Gasteiger partial charge is 0.0336 e. The zero-order chi connectivity index (χ0) is 8.53. The lowest BCUT2D eigenvalue weighted by atomic mass is 10.1. The number of hydrogen-bond donors (Lipinski definition) is 0. The van der Waals surface area contributed by atoms with Gasteiger partial charge in [-0.3, -0.25) is 0 Å². The molecule has 0 saturated carbocycles. The zero-order valence-corrected chi connectivity index (χ0v) is 8.67. The van der Waals surface area contributed by atoms with Gasteiger partial charge in [-0.05, 0) is 25.7 Å². The Morgan fingerprint density at radius 1 is 1.36 bits per heavy atom. The van der Waals surface area contributed by atoms with Gasteiger partial charge in [-0.1, -0.05) is 19.8 Å². The Morgan fingerprint density at radius 3 is 2.64 bits per heavy atom. The molecule has 0 amide bonds. The lowest BCUT2D eigenvalue weighted by Gasteiger charge is -2.05. The van der Waals surface area contributed by atoms with Gasteiger partial charge in [0.05, 0.1) is 0 Å². The van der Waals surface area contributed by atoms with E-state index in [4.69, 9.17) is 23.2 Å². The summed E-state index contributed by atoms with van der Waals surface area (Å²) >= 11 is 11.5. The predicted molar refractivity (Wildman–Crippen MR) is 53.4 cm³/mol. The topological polar surface area (TPSA) is 0 Å². The second-order valence-corrected chi connectivity index (χ2v) is 3.69. The van der Waals surface area contributed by atoms with Gasteiger partial charge >= 0.3 is 0 Å². The van der Waals surface area contributed by atoms with E-state index in [2.05, 4.69) is 13.3 Å². The predicted octanol–water partition coefficient (Wildman–Crippen LogP) is 4.01. The summed E-state index contributed by atoms with van der Waals surface area (Å²) in [5, 5.41) is 0.378. The van der Waals surface area contributed by atoms with Crippen molar-refractivity contribution in [2.45, 2.75) is 44.4 Å². The minimum atomic E-state index is 0.378. The maximum atomic E-state index is 6.01. The molecule has 0 saturated heterocycles. The molecule has 11 heavy (non-hydrogen) atoms. The molecule has 0 heterocycles. The van der Waals surface area contributed by atoms with Crippen LogP contribution in [0.3, 0.4) is 0 Å². The van der Waals surface area contributed by atoms with Crippen LogP contribution in [-0.2, 0) is 0 Å². The molecule has 1 radical (unpaired) electrons. The van der Waals surface area contributed by atoms with E-state index in [9.17, 15) is 0 Å². The fraction of sp³-hybridized carbons (Fsp3) is 0.889. The molecular formula is C9H17Cl2. The van der Waals surface area contributed by atoms with Gasteiger partial charge in [0.2, 0.25) is 0 Å². The fourth-order valence-corrected chi connectivity index (χ4v) is 1.55. The lowest BCUT2D eigenvalue weighted by molar-refractivity contribution is 0.637. The van der Waals surface area contributed by atoms with Crippen molar-refractivity contribution in [2.75, 3.05) is 5.88 Å². The molecule has 1 unspecified atom stereocenters. The van der Waals surface area contributed by atoms with Crippen LogP contribution in [0.2, 0.25) is 0 Å². The third kappa shape index (κ3) is 8.49. The Labute approximate surface area is 80.3 Å². The van der Waals surface area contributed by atoms with Crippen LogP contribution in [0.25, 0.3) is 0 Å². The molecule has 0 N–H and O–H groups in total. The normalized spacial score (nSPS) is 13.4. The molecule has 0 aromatic rings. The van der Waals surface area contributed by atoms with Crippen LogP contribution in [0.1, 0.15) is 39.0 Å². The van der Waals surface area contributed by atoms with Crippen molar-refractivity contribution in [3.05, 3.63) is 6.42 Å². The van der Waals surface area contributed by atoms with E-state index in [0.29, 0.717) is 11.3 Å². The first-order valence-corrected chi connectivity index (χ1v) is 5.30. The molecular weight excluding hydrogens is 179 g/mol. The van der Waals surface area contributed by atoms with Crippen molar-refractivity contribution in [1.82, 2.24) is 0 Å². The third-order valence-electron chi connectivity index (χ3n) is 1.64. The first-order valence-electron chi connectivity index (χ1n) is 4.33. The molecule has 0 fully saturated rings. The quantitative estimate of drug-likeness (QED) is 0.426. The van der Waals surface area contributed by atoms with Gasteiger partial charge in [0.25, 0.3) is 0 Å². The molecule has 0 spiro atoms. The SMILES string of the molecule is CCCC(Cl)CCC[CH]CCl. The molecule has 2 heteroatoms. The highest BCUT2D eigenvalue weighted by molar-refractivity contribution is 6.20. The van der Waals surface area contributed by atoms with Gasteiger partial charge in [0.15, 0.2) is 0 Å². The Morgan fingerprint density at radius 2 is 2.09 bits per heavy atom. The van der Waals surface area contributed by atoms with E-state index in [1.54, 1.807) is 0 Å². The second kappa shape index (κ2) is 8.67. The maximum Gasteiger partial charge on any atom is 0.0336 e. The van der Waals surface area contributed by atoms with Crippen molar-refractivity contribution in [3.8, 4) is 0 Å². The third-order valence-corrected chi connectivity index (χ3v) is 2.29. The summed E-state index contributed by atoms with van der Waals surface area (Å²) in [4.78, 5) is 0. The number of hydrogen-bond acceptors (Lipinski definition) is 0. The molecule has 67 valence electrons. The average molecular weight is 196 g/mol. The first-order chi connectivity index (χ1) is 5.31. The van der Waals surface area contributed by atoms with E-state index in [0.717, 1.165) is 19.3 Å². The number of unbranched alkanes of at least 4 members (excludes halogenated alkanes) is 2. The average Bonchev–Trinajstić information content (AvgIpc) is 1.99. The van der Waals surface area contributed by atoms with Crippen molar-refractivity contribution in [1.29, 1.82) is 0 Å². The van der Waals surface area contributed by atoms with Gasteiger partial charge in [-0.2, -0.15) is 0 Å². The van der Waals surface area contributed by atoms with Crippen LogP contribution in [0, 0.1) is 6.42 Å². The molecule has 0 nitrogen and oxygen atoms in total. The first kappa shape index (κ1) is 11.6. The van der Waals surface area contributed by atoms with Crippen molar-refractivity contribution in [3.63, 3.8) is 0 Å². The summed E-state index contributed by atoms with van der Waals surface area (Å²) in [6.45, 7) is 2.17. The summed E-state index contributed by atoms with van der Waals surface area (Å²) in [7, 11) is 0. The highest BCUT2D eigenvalue weighted by Crippen LogP contribution is 2.13. The van der Waals surface area contributed by atoms with Crippen molar-refractivity contribution >= 4 is 23.2 Å². The minimum absolute atomic E-state index is 0.378. The van der Waals surface area contributed by atoms with Gasteiger partial charge in [-0.15, -0.1) is 23.2 Å². The van der Waals surface area contributed by atoms with Crippen LogP contribution in [0.4, 0.5) is 0 Å². The summed E-state index contributed by atoms with van der Waals surface area (Å²) in [5.74, 6) is 0.667. The summed E-state index contributed by atoms with van der Waals surface area (Å²) in [6.07, 6.45) is 7.84. The highest BCUT2D eigenvalue weighted by Gasteiger charge is 2.01.